The molecule has 1 aliphatic rings. The van der Waals surface area contributed by atoms with Gasteiger partial charge in [0.1, 0.15) is 0 Å². The van der Waals surface area contributed by atoms with E-state index >= 15 is 0 Å². The lowest BCUT2D eigenvalue weighted by molar-refractivity contribution is -0.137. The minimum absolute atomic E-state index is 0.0496. The molecule has 6 nitrogen and oxygen atoms in total. The second kappa shape index (κ2) is 6.04. The molecule has 2 N–H and O–H groups in total. The Morgan fingerprint density at radius 3 is 2.67 bits per heavy atom. The van der Waals surface area contributed by atoms with Gasteiger partial charge in [-0.15, -0.1) is 0 Å². The molecule has 1 fully saturated rings. The van der Waals surface area contributed by atoms with Crippen LogP contribution in [0.5, 0.6) is 0 Å². The predicted octanol–water partition coefficient (Wildman–Crippen LogP) is 1.06. The van der Waals surface area contributed by atoms with E-state index in [2.05, 4.69) is 5.32 Å². The number of ether oxygens (including phenoxy) is 1. The van der Waals surface area contributed by atoms with Crippen LogP contribution in [-0.4, -0.2) is 53.8 Å². The van der Waals surface area contributed by atoms with E-state index in [0.29, 0.717) is 19.5 Å². The number of amides is 2. The standard InChI is InChI=1S/C12H22N2O4/c1-12(2,6-4-10(15)16)13-11(17)14-7-5-9(8-14)18-3/h9H,4-8H2,1-3H3,(H,13,17)(H,15,16). The smallest absolute Gasteiger partial charge is 0.317 e. The van der Waals surface area contributed by atoms with Crippen LogP contribution in [0.25, 0.3) is 0 Å². The Morgan fingerprint density at radius 2 is 2.17 bits per heavy atom. The third-order valence-corrected chi connectivity index (χ3v) is 3.17. The van der Waals surface area contributed by atoms with Gasteiger partial charge in [0.05, 0.1) is 6.10 Å². The highest BCUT2D eigenvalue weighted by Crippen LogP contribution is 2.15. The number of carboxylic acids is 1. The highest BCUT2D eigenvalue weighted by molar-refractivity contribution is 5.75. The van der Waals surface area contributed by atoms with Gasteiger partial charge in [-0.05, 0) is 26.7 Å². The van der Waals surface area contributed by atoms with Crippen LogP contribution >= 0.6 is 0 Å². The van der Waals surface area contributed by atoms with Crippen LogP contribution in [0.4, 0.5) is 4.79 Å². The zero-order valence-electron chi connectivity index (χ0n) is 11.2. The molecule has 0 aromatic carbocycles. The lowest BCUT2D eigenvalue weighted by Gasteiger charge is -2.28. The summed E-state index contributed by atoms with van der Waals surface area (Å²) in [6.07, 6.45) is 1.42. The number of carbonyl (C=O) groups is 2. The molecule has 0 bridgehead atoms. The summed E-state index contributed by atoms with van der Waals surface area (Å²) in [5.41, 5.74) is -0.513. The number of carboxylic acid groups (broad SMARTS) is 1. The SMILES string of the molecule is COC1CCN(C(=O)NC(C)(C)CCC(=O)O)C1. The zero-order chi connectivity index (χ0) is 13.8. The van der Waals surface area contributed by atoms with E-state index in [1.54, 1.807) is 12.0 Å². The molecule has 0 aromatic heterocycles. The number of nitrogens with one attached hydrogen (secondary N) is 1. The third kappa shape index (κ3) is 4.52. The maximum absolute atomic E-state index is 12.0. The van der Waals surface area contributed by atoms with Crippen LogP contribution in [0.1, 0.15) is 33.1 Å². The summed E-state index contributed by atoms with van der Waals surface area (Å²) in [4.78, 5) is 24.2. The van der Waals surface area contributed by atoms with Crippen molar-refractivity contribution >= 4 is 12.0 Å². The van der Waals surface area contributed by atoms with Crippen molar-refractivity contribution in [3.8, 4) is 0 Å². The summed E-state index contributed by atoms with van der Waals surface area (Å²) in [6, 6.07) is -0.148. The van der Waals surface area contributed by atoms with Crippen molar-refractivity contribution in [3.63, 3.8) is 0 Å². The van der Waals surface area contributed by atoms with Crippen LogP contribution in [0.15, 0.2) is 0 Å². The van der Waals surface area contributed by atoms with Crippen LogP contribution in [-0.2, 0) is 9.53 Å². The van der Waals surface area contributed by atoms with Crippen molar-refractivity contribution in [1.29, 1.82) is 0 Å². The van der Waals surface area contributed by atoms with Crippen LogP contribution < -0.4 is 5.32 Å². The monoisotopic (exact) mass is 258 g/mol. The predicted molar refractivity (Wildman–Crippen MR) is 66.5 cm³/mol. The summed E-state index contributed by atoms with van der Waals surface area (Å²) < 4.78 is 5.20. The summed E-state index contributed by atoms with van der Waals surface area (Å²) in [5.74, 6) is -0.849. The van der Waals surface area contributed by atoms with E-state index in [1.165, 1.54) is 0 Å². The summed E-state index contributed by atoms with van der Waals surface area (Å²) >= 11 is 0. The molecule has 0 radical (unpaired) electrons. The average molecular weight is 258 g/mol. The Kier molecular flexibility index (Phi) is 4.95. The van der Waals surface area contributed by atoms with Crippen molar-refractivity contribution in [2.24, 2.45) is 0 Å². The van der Waals surface area contributed by atoms with Gasteiger partial charge in [0, 0.05) is 32.2 Å². The molecule has 2 amide bonds. The minimum atomic E-state index is -0.849. The van der Waals surface area contributed by atoms with Gasteiger partial charge in [-0.2, -0.15) is 0 Å². The fraction of sp³-hybridized carbons (Fsp3) is 0.833. The molecule has 0 saturated carbocycles. The van der Waals surface area contributed by atoms with E-state index < -0.39 is 11.5 Å². The van der Waals surface area contributed by atoms with E-state index in [0.717, 1.165) is 6.42 Å². The molecule has 1 aliphatic heterocycles. The molecule has 104 valence electrons. The van der Waals surface area contributed by atoms with Crippen molar-refractivity contribution in [2.45, 2.75) is 44.8 Å². The van der Waals surface area contributed by atoms with E-state index in [1.807, 2.05) is 13.8 Å². The van der Waals surface area contributed by atoms with Gasteiger partial charge in [0.25, 0.3) is 0 Å². The van der Waals surface area contributed by atoms with Crippen LogP contribution in [0.2, 0.25) is 0 Å². The molecule has 6 heteroatoms. The molecule has 1 heterocycles. The quantitative estimate of drug-likeness (QED) is 0.773. The summed E-state index contributed by atoms with van der Waals surface area (Å²) in [7, 11) is 1.64. The Morgan fingerprint density at radius 1 is 1.50 bits per heavy atom. The highest BCUT2D eigenvalue weighted by Gasteiger charge is 2.29. The van der Waals surface area contributed by atoms with Gasteiger partial charge < -0.3 is 20.1 Å². The number of rotatable bonds is 5. The van der Waals surface area contributed by atoms with Gasteiger partial charge in [-0.25, -0.2) is 4.79 Å². The Hall–Kier alpha value is -1.30. The highest BCUT2D eigenvalue weighted by atomic mass is 16.5. The lowest BCUT2D eigenvalue weighted by atomic mass is 9.99. The molecular weight excluding hydrogens is 236 g/mol. The first-order valence-electron chi connectivity index (χ1n) is 6.16. The Bertz CT molecular complexity index is 317. The average Bonchev–Trinajstić information content (AvgIpc) is 2.74. The number of carbonyl (C=O) groups excluding carboxylic acids is 1. The topological polar surface area (TPSA) is 78.9 Å². The van der Waals surface area contributed by atoms with Crippen molar-refractivity contribution in [3.05, 3.63) is 0 Å². The van der Waals surface area contributed by atoms with Crippen molar-refractivity contribution in [2.75, 3.05) is 20.2 Å². The zero-order valence-corrected chi connectivity index (χ0v) is 11.2. The van der Waals surface area contributed by atoms with Gasteiger partial charge in [0.2, 0.25) is 0 Å². The van der Waals surface area contributed by atoms with Gasteiger partial charge in [-0.3, -0.25) is 4.79 Å². The second-order valence-electron chi connectivity index (χ2n) is 5.30. The number of likely N-dealkylation sites (tertiary alicyclic amines) is 1. The molecule has 0 spiro atoms. The molecule has 1 saturated heterocycles. The largest absolute Gasteiger partial charge is 0.481 e. The molecule has 0 aliphatic carbocycles. The molecule has 1 unspecified atom stereocenters. The van der Waals surface area contributed by atoms with Crippen LogP contribution in [0, 0.1) is 0 Å². The number of methoxy groups -OCH3 is 1. The molecule has 1 atom stereocenters. The molecule has 1 rings (SSSR count). The number of hydrogen-bond donors (Lipinski definition) is 2. The number of urea groups is 1. The first kappa shape index (κ1) is 14.8. The molecular formula is C12H22N2O4. The van der Waals surface area contributed by atoms with Crippen molar-refractivity contribution in [1.82, 2.24) is 10.2 Å². The van der Waals surface area contributed by atoms with Gasteiger partial charge in [-0.1, -0.05) is 0 Å². The maximum atomic E-state index is 12.0. The van der Waals surface area contributed by atoms with E-state index in [9.17, 15) is 9.59 Å². The summed E-state index contributed by atoms with van der Waals surface area (Å²) in [6.45, 7) is 4.94. The normalized spacial score (nSPS) is 19.9. The van der Waals surface area contributed by atoms with Crippen LogP contribution in [0.3, 0.4) is 0 Å². The van der Waals surface area contributed by atoms with E-state index in [4.69, 9.17) is 9.84 Å². The maximum Gasteiger partial charge on any atom is 0.317 e. The first-order valence-corrected chi connectivity index (χ1v) is 6.16. The minimum Gasteiger partial charge on any atom is -0.481 e. The summed E-state index contributed by atoms with van der Waals surface area (Å²) in [5, 5.41) is 11.5. The molecule has 18 heavy (non-hydrogen) atoms. The Labute approximate surface area is 107 Å². The fourth-order valence-electron chi connectivity index (χ4n) is 1.96. The van der Waals surface area contributed by atoms with E-state index in [-0.39, 0.29) is 18.6 Å². The number of hydrogen-bond acceptors (Lipinski definition) is 3. The lowest BCUT2D eigenvalue weighted by Crippen LogP contribution is -2.49. The molecule has 0 aromatic rings. The second-order valence-corrected chi connectivity index (χ2v) is 5.30. The van der Waals surface area contributed by atoms with Gasteiger partial charge in [0.15, 0.2) is 0 Å². The third-order valence-electron chi connectivity index (χ3n) is 3.17. The first-order chi connectivity index (χ1) is 8.34. The number of nitrogens with zero attached hydrogens (tertiary/aromatic N) is 1. The van der Waals surface area contributed by atoms with Gasteiger partial charge >= 0.3 is 12.0 Å². The Balaban J connectivity index is 2.41. The van der Waals surface area contributed by atoms with Crippen molar-refractivity contribution < 1.29 is 19.4 Å². The number of aliphatic carboxylic acids is 1. The fourth-order valence-corrected chi connectivity index (χ4v) is 1.96.